The average molecular weight is 344 g/mol. The number of hydrogen-bond donors (Lipinski definition) is 2. The third-order valence-corrected chi connectivity index (χ3v) is 5.62. The van der Waals surface area contributed by atoms with Crippen LogP contribution in [-0.2, 0) is 19.3 Å². The molecule has 24 heavy (non-hydrogen) atoms. The lowest BCUT2D eigenvalue weighted by Gasteiger charge is -2.19. The molecule has 3 rings (SSSR count). The zero-order valence-electron chi connectivity index (χ0n) is 14.2. The molecule has 0 fully saturated rings. The molecule has 1 aromatic heterocycles. The first-order valence-corrected chi connectivity index (χ1v) is 9.31. The molecule has 2 amide bonds. The molecule has 1 unspecified atom stereocenters. The highest BCUT2D eigenvalue weighted by molar-refractivity contribution is 7.10. The quantitative estimate of drug-likeness (QED) is 0.852. The van der Waals surface area contributed by atoms with Gasteiger partial charge in [0.1, 0.15) is 5.75 Å². The topological polar surface area (TPSA) is 50.4 Å². The molecule has 1 aliphatic rings. The van der Waals surface area contributed by atoms with Crippen molar-refractivity contribution >= 4 is 23.1 Å². The number of benzene rings is 1. The first-order valence-electron chi connectivity index (χ1n) is 8.43. The van der Waals surface area contributed by atoms with Gasteiger partial charge in [-0.25, -0.2) is 4.79 Å². The number of carbonyl (C=O) groups excluding carboxylic acids is 1. The van der Waals surface area contributed by atoms with Crippen LogP contribution in [0.1, 0.15) is 29.3 Å². The number of urea groups is 1. The molecule has 0 saturated carbocycles. The Bertz CT molecular complexity index is 711. The molecule has 0 radical (unpaired) electrons. The molecule has 2 aromatic rings. The second-order valence-corrected chi connectivity index (χ2v) is 7.31. The Morgan fingerprint density at radius 3 is 3.04 bits per heavy atom. The largest absolute Gasteiger partial charge is 0.495 e. The molecular weight excluding hydrogens is 320 g/mol. The number of rotatable bonds is 5. The Morgan fingerprint density at radius 1 is 1.38 bits per heavy atom. The van der Waals surface area contributed by atoms with Gasteiger partial charge in [0.2, 0.25) is 0 Å². The summed E-state index contributed by atoms with van der Waals surface area (Å²) < 4.78 is 5.24. The van der Waals surface area contributed by atoms with E-state index in [1.165, 1.54) is 30.4 Å². The highest BCUT2D eigenvalue weighted by Gasteiger charge is 2.19. The molecule has 0 spiro atoms. The lowest BCUT2D eigenvalue weighted by Crippen LogP contribution is -2.30. The summed E-state index contributed by atoms with van der Waals surface area (Å²) in [5.74, 6) is 1.46. The van der Waals surface area contributed by atoms with E-state index in [4.69, 9.17) is 4.74 Å². The number of methoxy groups -OCH3 is 1. The number of para-hydroxylation sites is 2. The molecule has 0 aliphatic heterocycles. The summed E-state index contributed by atoms with van der Waals surface area (Å²) in [6.07, 6.45) is 4.56. The van der Waals surface area contributed by atoms with Crippen molar-refractivity contribution in [2.75, 3.05) is 19.0 Å². The Balaban J connectivity index is 1.51. The highest BCUT2D eigenvalue weighted by Crippen LogP contribution is 2.32. The van der Waals surface area contributed by atoms with Crippen LogP contribution in [0, 0.1) is 5.92 Å². The number of amides is 2. The van der Waals surface area contributed by atoms with E-state index in [0.29, 0.717) is 18.0 Å². The van der Waals surface area contributed by atoms with Crippen LogP contribution in [0.15, 0.2) is 29.6 Å². The van der Waals surface area contributed by atoms with Crippen molar-refractivity contribution in [3.63, 3.8) is 0 Å². The van der Waals surface area contributed by atoms with E-state index < -0.39 is 0 Å². The van der Waals surface area contributed by atoms with Crippen LogP contribution in [0.2, 0.25) is 0 Å². The predicted molar refractivity (Wildman–Crippen MR) is 99.2 cm³/mol. The Hall–Kier alpha value is -2.01. The van der Waals surface area contributed by atoms with Gasteiger partial charge in [0.05, 0.1) is 12.8 Å². The highest BCUT2D eigenvalue weighted by atomic mass is 32.1. The maximum absolute atomic E-state index is 12.1. The molecule has 128 valence electrons. The van der Waals surface area contributed by atoms with E-state index in [9.17, 15) is 4.79 Å². The molecule has 0 saturated heterocycles. The van der Waals surface area contributed by atoms with E-state index in [0.717, 1.165) is 12.3 Å². The SMILES string of the molecule is COc1ccccc1NC(=O)NCCc1csc2c1CCC(C)C2. The normalized spacial score (nSPS) is 16.3. The number of nitrogens with one attached hydrogen (secondary N) is 2. The second-order valence-electron chi connectivity index (χ2n) is 6.34. The van der Waals surface area contributed by atoms with Gasteiger partial charge in [0.15, 0.2) is 0 Å². The van der Waals surface area contributed by atoms with Gasteiger partial charge in [0.25, 0.3) is 0 Å². The van der Waals surface area contributed by atoms with Gasteiger partial charge in [-0.2, -0.15) is 0 Å². The maximum Gasteiger partial charge on any atom is 0.319 e. The molecular formula is C19H24N2O2S. The molecule has 1 atom stereocenters. The van der Waals surface area contributed by atoms with Gasteiger partial charge >= 0.3 is 6.03 Å². The third kappa shape index (κ3) is 3.90. The standard InChI is InChI=1S/C19H24N2O2S/c1-13-7-8-15-14(12-24-18(15)11-13)9-10-20-19(22)21-16-5-3-4-6-17(16)23-2/h3-6,12-13H,7-11H2,1-2H3,(H2,20,21,22). The monoisotopic (exact) mass is 344 g/mol. The Kier molecular flexibility index (Phi) is 5.41. The van der Waals surface area contributed by atoms with E-state index in [1.54, 1.807) is 12.0 Å². The lowest BCUT2D eigenvalue weighted by atomic mass is 9.88. The number of carbonyl (C=O) groups is 1. The molecule has 1 aliphatic carbocycles. The number of thiophene rings is 1. The van der Waals surface area contributed by atoms with Crippen LogP contribution < -0.4 is 15.4 Å². The minimum absolute atomic E-state index is 0.197. The Labute approximate surface area is 147 Å². The number of ether oxygens (including phenoxy) is 1. The summed E-state index contributed by atoms with van der Waals surface area (Å²) >= 11 is 1.88. The zero-order valence-corrected chi connectivity index (χ0v) is 15.0. The fourth-order valence-corrected chi connectivity index (χ4v) is 4.48. The van der Waals surface area contributed by atoms with Crippen LogP contribution in [0.5, 0.6) is 5.75 Å². The summed E-state index contributed by atoms with van der Waals surface area (Å²) in [5.41, 5.74) is 3.61. The fourth-order valence-electron chi connectivity index (χ4n) is 3.18. The minimum atomic E-state index is -0.197. The van der Waals surface area contributed by atoms with Gasteiger partial charge < -0.3 is 15.4 Å². The van der Waals surface area contributed by atoms with Crippen LogP contribution in [0.3, 0.4) is 0 Å². The molecule has 4 nitrogen and oxygen atoms in total. The van der Waals surface area contributed by atoms with Crippen molar-refractivity contribution in [2.45, 2.75) is 32.6 Å². The average Bonchev–Trinajstić information content (AvgIpc) is 2.97. The van der Waals surface area contributed by atoms with Gasteiger partial charge in [-0.05, 0) is 60.2 Å². The first-order chi connectivity index (χ1) is 11.7. The summed E-state index contributed by atoms with van der Waals surface area (Å²) in [7, 11) is 1.60. The van der Waals surface area contributed by atoms with Crippen LogP contribution in [-0.4, -0.2) is 19.7 Å². The smallest absolute Gasteiger partial charge is 0.319 e. The van der Waals surface area contributed by atoms with Crippen molar-refractivity contribution < 1.29 is 9.53 Å². The summed E-state index contributed by atoms with van der Waals surface area (Å²) in [4.78, 5) is 13.6. The van der Waals surface area contributed by atoms with E-state index in [2.05, 4.69) is 22.9 Å². The fraction of sp³-hybridized carbons (Fsp3) is 0.421. The van der Waals surface area contributed by atoms with E-state index in [1.807, 2.05) is 35.6 Å². The van der Waals surface area contributed by atoms with Crippen LogP contribution in [0.4, 0.5) is 10.5 Å². The first kappa shape index (κ1) is 16.8. The summed E-state index contributed by atoms with van der Waals surface area (Å²) in [6, 6.07) is 7.21. The van der Waals surface area contributed by atoms with Gasteiger partial charge in [-0.15, -0.1) is 11.3 Å². The summed E-state index contributed by atoms with van der Waals surface area (Å²) in [6.45, 7) is 2.96. The Morgan fingerprint density at radius 2 is 2.21 bits per heavy atom. The van der Waals surface area contributed by atoms with Gasteiger partial charge in [-0.3, -0.25) is 0 Å². The van der Waals surface area contributed by atoms with Gasteiger partial charge in [-0.1, -0.05) is 19.1 Å². The van der Waals surface area contributed by atoms with Crippen molar-refractivity contribution in [3.8, 4) is 5.75 Å². The molecule has 2 N–H and O–H groups in total. The molecule has 1 aromatic carbocycles. The van der Waals surface area contributed by atoms with Crippen LogP contribution >= 0.6 is 11.3 Å². The van der Waals surface area contributed by atoms with Crippen molar-refractivity contribution in [3.05, 3.63) is 45.6 Å². The lowest BCUT2D eigenvalue weighted by molar-refractivity contribution is 0.252. The number of hydrogen-bond acceptors (Lipinski definition) is 3. The maximum atomic E-state index is 12.1. The van der Waals surface area contributed by atoms with Crippen molar-refractivity contribution in [2.24, 2.45) is 5.92 Å². The van der Waals surface area contributed by atoms with Gasteiger partial charge in [0, 0.05) is 11.4 Å². The zero-order chi connectivity index (χ0) is 16.9. The molecule has 0 bridgehead atoms. The van der Waals surface area contributed by atoms with E-state index in [-0.39, 0.29) is 6.03 Å². The van der Waals surface area contributed by atoms with Crippen LogP contribution in [0.25, 0.3) is 0 Å². The summed E-state index contributed by atoms with van der Waals surface area (Å²) in [5, 5.41) is 8.04. The van der Waals surface area contributed by atoms with Crippen molar-refractivity contribution in [1.82, 2.24) is 5.32 Å². The second kappa shape index (κ2) is 7.71. The predicted octanol–water partition coefficient (Wildman–Crippen LogP) is 4.25. The van der Waals surface area contributed by atoms with E-state index >= 15 is 0 Å². The van der Waals surface area contributed by atoms with Crippen molar-refractivity contribution in [1.29, 1.82) is 0 Å². The molecule has 1 heterocycles. The number of anilines is 1. The minimum Gasteiger partial charge on any atom is -0.495 e. The third-order valence-electron chi connectivity index (χ3n) is 4.52. The number of fused-ring (bicyclic) bond motifs is 1. The molecule has 5 heteroatoms.